The Morgan fingerprint density at radius 1 is 1.13 bits per heavy atom. The van der Waals surface area contributed by atoms with E-state index >= 15 is 0 Å². The normalized spacial score (nSPS) is 12.1. The molecule has 30 heavy (non-hydrogen) atoms. The quantitative estimate of drug-likeness (QED) is 0.558. The summed E-state index contributed by atoms with van der Waals surface area (Å²) in [6.07, 6.45) is -1.58. The van der Waals surface area contributed by atoms with Crippen LogP contribution in [0.15, 0.2) is 35.7 Å². The zero-order chi connectivity index (χ0) is 22.6. The van der Waals surface area contributed by atoms with Gasteiger partial charge in [0.1, 0.15) is 0 Å². The fourth-order valence-corrected chi connectivity index (χ4v) is 3.91. The largest absolute Gasteiger partial charge is 0.416 e. The number of anilines is 2. The first-order chi connectivity index (χ1) is 13.9. The van der Waals surface area contributed by atoms with Crippen LogP contribution >= 0.6 is 11.3 Å². The van der Waals surface area contributed by atoms with Crippen LogP contribution in [0.1, 0.15) is 45.9 Å². The number of amides is 2. The number of benzene rings is 1. The summed E-state index contributed by atoms with van der Waals surface area (Å²) in [6.45, 7) is 8.95. The van der Waals surface area contributed by atoms with Gasteiger partial charge < -0.3 is 4.90 Å². The number of carbonyl (C=O) groups excluding carboxylic acids is 2. The van der Waals surface area contributed by atoms with Crippen molar-refractivity contribution in [1.82, 2.24) is 9.88 Å². The molecule has 5 nitrogen and oxygen atoms in total. The molecule has 162 valence electrons. The number of nitrogens with zero attached hydrogens (tertiary/aromatic N) is 3. The lowest BCUT2D eigenvalue weighted by Gasteiger charge is -2.29. The highest BCUT2D eigenvalue weighted by atomic mass is 32.1. The average molecular weight is 440 g/mol. The zero-order valence-electron chi connectivity index (χ0n) is 17.4. The maximum absolute atomic E-state index is 13.0. The van der Waals surface area contributed by atoms with Gasteiger partial charge in [0.15, 0.2) is 5.13 Å². The Labute approximate surface area is 177 Å². The van der Waals surface area contributed by atoms with Crippen molar-refractivity contribution in [2.75, 3.05) is 4.90 Å². The molecule has 9 heteroatoms. The van der Waals surface area contributed by atoms with Crippen LogP contribution in [0.2, 0.25) is 0 Å². The van der Waals surface area contributed by atoms with Crippen LogP contribution in [0, 0.1) is 0 Å². The first-order valence-electron chi connectivity index (χ1n) is 9.35. The number of hydrogen-bond donors (Lipinski definition) is 0. The molecule has 0 fully saturated rings. The number of hydrogen-bond acceptors (Lipinski definition) is 4. The summed E-state index contributed by atoms with van der Waals surface area (Å²) >= 11 is 1.10. The highest BCUT2D eigenvalue weighted by molar-refractivity contribution is 7.14. The third kappa shape index (κ3) is 5.69. The van der Waals surface area contributed by atoms with Gasteiger partial charge in [-0.2, -0.15) is 13.2 Å². The van der Waals surface area contributed by atoms with E-state index in [4.69, 9.17) is 0 Å². The molecule has 0 saturated heterocycles. The van der Waals surface area contributed by atoms with Crippen LogP contribution in [0.5, 0.6) is 0 Å². The molecule has 2 rings (SSSR count). The van der Waals surface area contributed by atoms with Crippen molar-refractivity contribution in [3.8, 4) is 0 Å². The molecule has 1 aromatic heterocycles. The van der Waals surface area contributed by atoms with E-state index in [0.29, 0.717) is 5.69 Å². The van der Waals surface area contributed by atoms with Crippen molar-refractivity contribution in [2.45, 2.75) is 52.9 Å². The van der Waals surface area contributed by atoms with Gasteiger partial charge in [0.2, 0.25) is 11.8 Å². The van der Waals surface area contributed by atoms with Gasteiger partial charge in [-0.05, 0) is 52.0 Å². The zero-order valence-corrected chi connectivity index (χ0v) is 18.2. The Kier molecular flexibility index (Phi) is 7.41. The summed E-state index contributed by atoms with van der Waals surface area (Å²) in [5.41, 5.74) is -0.339. The minimum Gasteiger partial charge on any atom is -0.334 e. The predicted molar refractivity (Wildman–Crippen MR) is 113 cm³/mol. The van der Waals surface area contributed by atoms with Gasteiger partial charge in [0.25, 0.3) is 0 Å². The fourth-order valence-electron chi connectivity index (χ4n) is 3.05. The maximum Gasteiger partial charge on any atom is 0.416 e. The van der Waals surface area contributed by atoms with Crippen LogP contribution in [-0.2, 0) is 15.8 Å². The van der Waals surface area contributed by atoms with Crippen LogP contribution in [0.25, 0.3) is 6.08 Å². The lowest BCUT2D eigenvalue weighted by atomic mass is 10.2. The summed E-state index contributed by atoms with van der Waals surface area (Å²) in [5.74, 6) is -0.642. The van der Waals surface area contributed by atoms with Gasteiger partial charge in [-0.3, -0.25) is 14.5 Å². The second-order valence-electron chi connectivity index (χ2n) is 7.22. The number of aromatic nitrogens is 1. The molecule has 0 bridgehead atoms. The molecular weight excluding hydrogens is 415 g/mol. The lowest BCUT2D eigenvalue weighted by Crippen LogP contribution is -2.41. The van der Waals surface area contributed by atoms with Crippen molar-refractivity contribution in [3.63, 3.8) is 0 Å². The highest BCUT2D eigenvalue weighted by Crippen LogP contribution is 2.35. The van der Waals surface area contributed by atoms with E-state index < -0.39 is 17.6 Å². The lowest BCUT2D eigenvalue weighted by molar-refractivity contribution is -0.137. The van der Waals surface area contributed by atoms with Gasteiger partial charge in [0, 0.05) is 30.5 Å². The van der Waals surface area contributed by atoms with Gasteiger partial charge in [-0.15, -0.1) is 11.3 Å². The molecule has 0 saturated carbocycles. The van der Waals surface area contributed by atoms with Crippen molar-refractivity contribution < 1.29 is 22.8 Å². The molecule has 0 aliphatic rings. The van der Waals surface area contributed by atoms with Crippen molar-refractivity contribution in [3.05, 3.63) is 47.0 Å². The molecule has 1 heterocycles. The minimum absolute atomic E-state index is 0.0299. The minimum atomic E-state index is -4.52. The molecule has 0 unspecified atom stereocenters. The van der Waals surface area contributed by atoms with E-state index in [-0.39, 0.29) is 28.8 Å². The number of halogens is 3. The fraction of sp³-hybridized carbons (Fsp3) is 0.381. The first-order valence-corrected chi connectivity index (χ1v) is 10.2. The molecule has 0 spiro atoms. The summed E-state index contributed by atoms with van der Waals surface area (Å²) in [6, 6.07) is 4.57. The third-order valence-electron chi connectivity index (χ3n) is 4.21. The Balaban J connectivity index is 2.30. The van der Waals surface area contributed by atoms with Crippen molar-refractivity contribution in [1.29, 1.82) is 0 Å². The van der Waals surface area contributed by atoms with E-state index in [1.165, 1.54) is 31.2 Å². The Morgan fingerprint density at radius 3 is 2.30 bits per heavy atom. The van der Waals surface area contributed by atoms with Gasteiger partial charge >= 0.3 is 6.18 Å². The number of carbonyl (C=O) groups is 2. The average Bonchev–Trinajstić information content (AvgIpc) is 3.07. The highest BCUT2D eigenvalue weighted by Gasteiger charge is 2.31. The van der Waals surface area contributed by atoms with Gasteiger partial charge in [0.05, 0.1) is 16.9 Å². The summed E-state index contributed by atoms with van der Waals surface area (Å²) in [5, 5.41) is 1.86. The molecule has 0 N–H and O–H groups in total. The SMILES string of the molecule is CC(=O)N(c1cccc(C(F)(F)F)c1)c1nc(/C=C/C(=O)N(C(C)C)C(C)C)cs1. The summed E-state index contributed by atoms with van der Waals surface area (Å²) in [7, 11) is 0. The predicted octanol–water partition coefficient (Wildman–Crippen LogP) is 5.51. The monoisotopic (exact) mass is 439 g/mol. The van der Waals surface area contributed by atoms with Gasteiger partial charge in [-0.25, -0.2) is 4.98 Å². The first kappa shape index (κ1) is 23.6. The molecule has 1 aromatic carbocycles. The molecular formula is C21H24F3N3O2S. The summed E-state index contributed by atoms with van der Waals surface area (Å²) < 4.78 is 39.1. The van der Waals surface area contributed by atoms with E-state index in [2.05, 4.69) is 4.98 Å². The van der Waals surface area contributed by atoms with Crippen LogP contribution < -0.4 is 4.90 Å². The smallest absolute Gasteiger partial charge is 0.334 e. The maximum atomic E-state index is 13.0. The van der Waals surface area contributed by atoms with Crippen LogP contribution in [-0.4, -0.2) is 33.8 Å². The Morgan fingerprint density at radius 2 is 1.77 bits per heavy atom. The Bertz CT molecular complexity index is 928. The second-order valence-corrected chi connectivity index (χ2v) is 8.06. The standard InChI is InChI=1S/C21H24F3N3O2S/c1-13(2)26(14(3)4)19(29)10-9-17-12-30-20(25-17)27(15(5)28)18-8-6-7-16(11-18)21(22,23)24/h6-14H,1-5H3/b10-9+. The van der Waals surface area contributed by atoms with Crippen LogP contribution in [0.3, 0.4) is 0 Å². The third-order valence-corrected chi connectivity index (χ3v) is 5.06. The van der Waals surface area contributed by atoms with E-state index in [1.54, 1.807) is 10.3 Å². The molecule has 0 radical (unpaired) electrons. The van der Waals surface area contributed by atoms with E-state index in [0.717, 1.165) is 28.4 Å². The molecule has 2 amide bonds. The van der Waals surface area contributed by atoms with Crippen LogP contribution in [0.4, 0.5) is 24.0 Å². The second kappa shape index (κ2) is 9.42. The number of alkyl halides is 3. The van der Waals surface area contributed by atoms with Crippen molar-refractivity contribution in [2.24, 2.45) is 0 Å². The molecule has 2 aromatic rings. The molecule has 0 aliphatic heterocycles. The van der Waals surface area contributed by atoms with E-state index in [9.17, 15) is 22.8 Å². The van der Waals surface area contributed by atoms with Crippen molar-refractivity contribution >= 4 is 40.0 Å². The number of thiazole rings is 1. The Hall–Kier alpha value is -2.68. The summed E-state index contributed by atoms with van der Waals surface area (Å²) in [4.78, 5) is 31.7. The topological polar surface area (TPSA) is 53.5 Å². The van der Waals surface area contributed by atoms with Gasteiger partial charge in [-0.1, -0.05) is 6.07 Å². The number of rotatable bonds is 6. The molecule has 0 atom stereocenters. The van der Waals surface area contributed by atoms with E-state index in [1.807, 2.05) is 27.7 Å². The molecule has 0 aliphatic carbocycles.